The molecule has 0 bridgehead atoms. The first-order valence-electron chi connectivity index (χ1n) is 4.97. The maximum Gasteiger partial charge on any atom is 0.325 e. The van der Waals surface area contributed by atoms with Gasteiger partial charge in [-0.15, -0.1) is 0 Å². The Kier molecular flexibility index (Phi) is 4.89. The summed E-state index contributed by atoms with van der Waals surface area (Å²) in [5.74, 6) is -1.09. The maximum absolute atomic E-state index is 11.2. The van der Waals surface area contributed by atoms with E-state index >= 15 is 0 Å². The number of carbonyl (C=O) groups is 2. The van der Waals surface area contributed by atoms with Crippen molar-refractivity contribution in [1.29, 1.82) is 0 Å². The standard InChI is InChI=1S/C10H20N2O4/c1-9(2,11)7(13)15-5-6-16-8(14)10(3,4)12/h5-6,11-12H2,1-4H3. The van der Waals surface area contributed by atoms with Gasteiger partial charge in [-0.2, -0.15) is 0 Å². The number of hydrogen-bond acceptors (Lipinski definition) is 6. The lowest BCUT2D eigenvalue weighted by molar-refractivity contribution is -0.157. The minimum atomic E-state index is -1.04. The molecule has 0 amide bonds. The average molecular weight is 232 g/mol. The van der Waals surface area contributed by atoms with E-state index in [1.807, 2.05) is 0 Å². The van der Waals surface area contributed by atoms with Crippen molar-refractivity contribution in [2.45, 2.75) is 38.8 Å². The SMILES string of the molecule is CC(C)(N)C(=O)OCCOC(=O)C(C)(C)N. The Morgan fingerprint density at radius 3 is 1.31 bits per heavy atom. The topological polar surface area (TPSA) is 105 Å². The Morgan fingerprint density at radius 2 is 1.12 bits per heavy atom. The molecule has 0 fully saturated rings. The normalized spacial score (nSPS) is 12.1. The first kappa shape index (κ1) is 14.9. The summed E-state index contributed by atoms with van der Waals surface area (Å²) in [7, 11) is 0. The lowest BCUT2D eigenvalue weighted by Gasteiger charge is -2.18. The van der Waals surface area contributed by atoms with Crippen LogP contribution in [0.15, 0.2) is 0 Å². The Hall–Kier alpha value is -1.14. The summed E-state index contributed by atoms with van der Waals surface area (Å²) in [6.07, 6.45) is 0. The van der Waals surface area contributed by atoms with Gasteiger partial charge in [0.25, 0.3) is 0 Å². The second kappa shape index (κ2) is 5.27. The zero-order valence-corrected chi connectivity index (χ0v) is 10.2. The fourth-order valence-corrected chi connectivity index (χ4v) is 0.641. The molecule has 16 heavy (non-hydrogen) atoms. The highest BCUT2D eigenvalue weighted by Gasteiger charge is 2.25. The van der Waals surface area contributed by atoms with E-state index in [4.69, 9.17) is 20.9 Å². The molecule has 0 radical (unpaired) electrons. The lowest BCUT2D eigenvalue weighted by Crippen LogP contribution is -2.44. The fourth-order valence-electron chi connectivity index (χ4n) is 0.641. The molecule has 0 aromatic rings. The van der Waals surface area contributed by atoms with Crippen LogP contribution in [0.2, 0.25) is 0 Å². The summed E-state index contributed by atoms with van der Waals surface area (Å²) in [4.78, 5) is 22.4. The molecule has 0 atom stereocenters. The first-order chi connectivity index (χ1) is 7.05. The van der Waals surface area contributed by atoms with Gasteiger partial charge in [0.1, 0.15) is 24.3 Å². The Labute approximate surface area is 95.3 Å². The van der Waals surface area contributed by atoms with E-state index in [2.05, 4.69) is 0 Å². The van der Waals surface area contributed by atoms with Gasteiger partial charge in [0.05, 0.1) is 0 Å². The lowest BCUT2D eigenvalue weighted by atomic mass is 10.1. The highest BCUT2D eigenvalue weighted by Crippen LogP contribution is 2.01. The molecule has 4 N–H and O–H groups in total. The van der Waals surface area contributed by atoms with Crippen molar-refractivity contribution < 1.29 is 19.1 Å². The van der Waals surface area contributed by atoms with Crippen LogP contribution in [0.4, 0.5) is 0 Å². The third kappa shape index (κ3) is 5.67. The molecule has 0 rings (SSSR count). The second-order valence-electron chi connectivity index (χ2n) is 4.72. The molecule has 0 aromatic heterocycles. The molecule has 0 aromatic carbocycles. The van der Waals surface area contributed by atoms with Crippen molar-refractivity contribution in [3.05, 3.63) is 0 Å². The van der Waals surface area contributed by atoms with Crippen LogP contribution < -0.4 is 11.5 Å². The third-order valence-electron chi connectivity index (χ3n) is 1.60. The van der Waals surface area contributed by atoms with Gasteiger partial charge in [-0.1, -0.05) is 0 Å². The van der Waals surface area contributed by atoms with Gasteiger partial charge in [-0.05, 0) is 27.7 Å². The van der Waals surface area contributed by atoms with Crippen LogP contribution in [0.25, 0.3) is 0 Å². The number of carbonyl (C=O) groups excluding carboxylic acids is 2. The first-order valence-corrected chi connectivity index (χ1v) is 4.97. The van der Waals surface area contributed by atoms with E-state index in [9.17, 15) is 9.59 Å². The van der Waals surface area contributed by atoms with Gasteiger partial charge >= 0.3 is 11.9 Å². The molecule has 0 saturated carbocycles. The summed E-state index contributed by atoms with van der Waals surface area (Å²) >= 11 is 0. The quantitative estimate of drug-likeness (QED) is 0.491. The van der Waals surface area contributed by atoms with Crippen molar-refractivity contribution >= 4 is 11.9 Å². The number of rotatable bonds is 5. The van der Waals surface area contributed by atoms with E-state index in [1.54, 1.807) is 0 Å². The molecule has 0 unspecified atom stereocenters. The molecule has 0 spiro atoms. The van der Waals surface area contributed by atoms with Crippen LogP contribution in [0.5, 0.6) is 0 Å². The Balaban J connectivity index is 3.79. The van der Waals surface area contributed by atoms with Gasteiger partial charge in [-0.3, -0.25) is 9.59 Å². The summed E-state index contributed by atoms with van der Waals surface area (Å²) in [6, 6.07) is 0. The number of ether oxygens (including phenoxy) is 2. The van der Waals surface area contributed by atoms with Crippen LogP contribution in [0.1, 0.15) is 27.7 Å². The molecule has 0 aliphatic rings. The second-order valence-corrected chi connectivity index (χ2v) is 4.72. The maximum atomic E-state index is 11.2. The van der Waals surface area contributed by atoms with Crippen LogP contribution in [-0.4, -0.2) is 36.2 Å². The summed E-state index contributed by atoms with van der Waals surface area (Å²) in [6.45, 7) is 6.08. The fraction of sp³-hybridized carbons (Fsp3) is 0.800. The zero-order valence-electron chi connectivity index (χ0n) is 10.2. The van der Waals surface area contributed by atoms with Crippen molar-refractivity contribution in [1.82, 2.24) is 0 Å². The molecule has 0 heterocycles. The third-order valence-corrected chi connectivity index (χ3v) is 1.60. The van der Waals surface area contributed by atoms with Gasteiger partial charge < -0.3 is 20.9 Å². The summed E-state index contributed by atoms with van der Waals surface area (Å²) < 4.78 is 9.58. The largest absolute Gasteiger partial charge is 0.461 e. The van der Waals surface area contributed by atoms with Crippen molar-refractivity contribution in [3.8, 4) is 0 Å². The van der Waals surface area contributed by atoms with Crippen molar-refractivity contribution in [3.63, 3.8) is 0 Å². The highest BCUT2D eigenvalue weighted by molar-refractivity contribution is 5.80. The zero-order chi connectivity index (χ0) is 13.0. The van der Waals surface area contributed by atoms with E-state index in [-0.39, 0.29) is 13.2 Å². The highest BCUT2D eigenvalue weighted by atomic mass is 16.6. The van der Waals surface area contributed by atoms with Crippen LogP contribution in [0, 0.1) is 0 Å². The minimum Gasteiger partial charge on any atom is -0.461 e. The molecule has 0 aliphatic heterocycles. The number of esters is 2. The monoisotopic (exact) mass is 232 g/mol. The number of hydrogen-bond donors (Lipinski definition) is 2. The van der Waals surface area contributed by atoms with Crippen LogP contribution in [-0.2, 0) is 19.1 Å². The van der Waals surface area contributed by atoms with Gasteiger partial charge in [-0.25, -0.2) is 0 Å². The Morgan fingerprint density at radius 1 is 0.875 bits per heavy atom. The molecule has 6 nitrogen and oxygen atoms in total. The molecular formula is C10H20N2O4. The number of nitrogens with two attached hydrogens (primary N) is 2. The van der Waals surface area contributed by atoms with E-state index in [1.165, 1.54) is 27.7 Å². The predicted octanol–water partition coefficient (Wildman–Crippen LogP) is -0.453. The Bertz CT molecular complexity index is 235. The van der Waals surface area contributed by atoms with Crippen molar-refractivity contribution in [2.75, 3.05) is 13.2 Å². The molecular weight excluding hydrogens is 212 g/mol. The van der Waals surface area contributed by atoms with Crippen LogP contribution in [0.3, 0.4) is 0 Å². The van der Waals surface area contributed by atoms with Gasteiger partial charge in [0.2, 0.25) is 0 Å². The van der Waals surface area contributed by atoms with Gasteiger partial charge in [0, 0.05) is 0 Å². The molecule has 0 aliphatic carbocycles. The average Bonchev–Trinajstić information content (AvgIpc) is 2.08. The molecule has 6 heteroatoms. The van der Waals surface area contributed by atoms with E-state index < -0.39 is 23.0 Å². The smallest absolute Gasteiger partial charge is 0.325 e. The summed E-state index contributed by atoms with van der Waals surface area (Å²) in [5.41, 5.74) is 8.89. The summed E-state index contributed by atoms with van der Waals surface area (Å²) in [5, 5.41) is 0. The predicted molar refractivity (Wildman–Crippen MR) is 58.5 cm³/mol. The van der Waals surface area contributed by atoms with E-state index in [0.29, 0.717) is 0 Å². The minimum absolute atomic E-state index is 0.0265. The van der Waals surface area contributed by atoms with Crippen LogP contribution >= 0.6 is 0 Å². The van der Waals surface area contributed by atoms with Gasteiger partial charge in [0.15, 0.2) is 0 Å². The van der Waals surface area contributed by atoms with E-state index in [0.717, 1.165) is 0 Å². The van der Waals surface area contributed by atoms with Crippen molar-refractivity contribution in [2.24, 2.45) is 11.5 Å². The molecule has 0 saturated heterocycles. The molecule has 94 valence electrons.